The van der Waals surface area contributed by atoms with Crippen LogP contribution in [-0.2, 0) is 4.79 Å². The van der Waals surface area contributed by atoms with E-state index in [4.69, 9.17) is 4.42 Å². The van der Waals surface area contributed by atoms with Crippen LogP contribution >= 0.6 is 27.7 Å². The average Bonchev–Trinajstić information content (AvgIpc) is 3.11. The van der Waals surface area contributed by atoms with Crippen molar-refractivity contribution < 1.29 is 22.7 Å². The quantitative estimate of drug-likeness (QED) is 0.514. The topological polar surface area (TPSA) is 77.2 Å². The summed E-state index contributed by atoms with van der Waals surface area (Å²) in [5.74, 6) is 0.131. The Morgan fingerprint density at radius 2 is 1.85 bits per heavy atom. The number of anilines is 1. The van der Waals surface area contributed by atoms with Gasteiger partial charge < -0.3 is 14.5 Å². The van der Waals surface area contributed by atoms with Crippen molar-refractivity contribution in [1.29, 1.82) is 0 Å². The molecule has 0 saturated carbocycles. The number of amides is 1. The Morgan fingerprint density at radius 1 is 1.15 bits per heavy atom. The predicted molar refractivity (Wildman–Crippen MR) is 99.9 cm³/mol. The highest BCUT2D eigenvalue weighted by molar-refractivity contribution is 9.10. The van der Waals surface area contributed by atoms with Gasteiger partial charge in [-0.1, -0.05) is 27.7 Å². The van der Waals surface area contributed by atoms with E-state index in [2.05, 4.69) is 36.2 Å². The minimum atomic E-state index is -2.89. The SMILES string of the molecule is O=C(CSc1nnc(-c2ccc(Br)cc2)o1)Nc1ccc(OC(F)F)cc1. The molecule has 27 heavy (non-hydrogen) atoms. The number of alkyl halides is 2. The van der Waals surface area contributed by atoms with E-state index in [0.717, 1.165) is 21.8 Å². The first-order valence-electron chi connectivity index (χ1n) is 7.56. The number of halogens is 3. The third-order valence-electron chi connectivity index (χ3n) is 3.19. The lowest BCUT2D eigenvalue weighted by atomic mass is 10.2. The minimum absolute atomic E-state index is 0.0173. The number of carbonyl (C=O) groups is 1. The number of ether oxygens (including phenoxy) is 1. The zero-order valence-electron chi connectivity index (χ0n) is 13.6. The lowest BCUT2D eigenvalue weighted by Crippen LogP contribution is -2.14. The smallest absolute Gasteiger partial charge is 0.387 e. The summed E-state index contributed by atoms with van der Waals surface area (Å²) >= 11 is 4.44. The molecule has 0 unspecified atom stereocenters. The van der Waals surface area contributed by atoms with E-state index in [-0.39, 0.29) is 22.6 Å². The molecule has 1 N–H and O–H groups in total. The molecule has 3 aromatic rings. The monoisotopic (exact) mass is 455 g/mol. The van der Waals surface area contributed by atoms with Crippen molar-refractivity contribution >= 4 is 39.3 Å². The summed E-state index contributed by atoms with van der Waals surface area (Å²) in [6.07, 6.45) is 0. The fraction of sp³-hybridized carbons (Fsp3) is 0.118. The van der Waals surface area contributed by atoms with Gasteiger partial charge in [0.2, 0.25) is 11.8 Å². The van der Waals surface area contributed by atoms with Gasteiger partial charge in [-0.05, 0) is 48.5 Å². The number of benzene rings is 2. The van der Waals surface area contributed by atoms with Crippen LogP contribution in [0.4, 0.5) is 14.5 Å². The molecule has 0 aliphatic rings. The molecule has 0 saturated heterocycles. The Hall–Kier alpha value is -2.46. The Bertz CT molecular complexity index is 905. The van der Waals surface area contributed by atoms with Gasteiger partial charge in [-0.2, -0.15) is 8.78 Å². The first-order valence-corrected chi connectivity index (χ1v) is 9.34. The normalized spacial score (nSPS) is 10.8. The Labute approximate surface area is 165 Å². The van der Waals surface area contributed by atoms with E-state index < -0.39 is 6.61 Å². The molecule has 0 atom stereocenters. The summed E-state index contributed by atoms with van der Waals surface area (Å²) < 4.78 is 34.9. The largest absolute Gasteiger partial charge is 0.435 e. The maximum Gasteiger partial charge on any atom is 0.387 e. The average molecular weight is 456 g/mol. The number of hydrogen-bond acceptors (Lipinski definition) is 6. The molecular formula is C17H12BrF2N3O3S. The van der Waals surface area contributed by atoms with E-state index in [9.17, 15) is 13.6 Å². The molecule has 1 aromatic heterocycles. The zero-order valence-corrected chi connectivity index (χ0v) is 16.0. The molecule has 0 spiro atoms. The van der Waals surface area contributed by atoms with Crippen LogP contribution < -0.4 is 10.1 Å². The van der Waals surface area contributed by atoms with Crippen molar-refractivity contribution in [3.05, 3.63) is 53.0 Å². The summed E-state index contributed by atoms with van der Waals surface area (Å²) in [4.78, 5) is 12.0. The summed E-state index contributed by atoms with van der Waals surface area (Å²) in [6.45, 7) is -2.89. The standard InChI is InChI=1S/C17H12BrF2N3O3S/c18-11-3-1-10(2-4-11)15-22-23-17(26-15)27-9-14(24)21-12-5-7-13(8-6-12)25-16(19)20/h1-8,16H,9H2,(H,21,24). The lowest BCUT2D eigenvalue weighted by molar-refractivity contribution is -0.113. The minimum Gasteiger partial charge on any atom is -0.435 e. The lowest BCUT2D eigenvalue weighted by Gasteiger charge is -2.06. The van der Waals surface area contributed by atoms with Gasteiger partial charge in [0.25, 0.3) is 5.22 Å². The van der Waals surface area contributed by atoms with Gasteiger partial charge in [0.15, 0.2) is 0 Å². The Morgan fingerprint density at radius 3 is 2.52 bits per heavy atom. The third kappa shape index (κ3) is 5.76. The molecule has 0 bridgehead atoms. The number of nitrogens with zero attached hydrogens (tertiary/aromatic N) is 2. The Balaban J connectivity index is 1.51. The number of nitrogens with one attached hydrogen (secondary N) is 1. The molecular weight excluding hydrogens is 444 g/mol. The highest BCUT2D eigenvalue weighted by Crippen LogP contribution is 2.25. The van der Waals surface area contributed by atoms with Crippen LogP contribution in [0, 0.1) is 0 Å². The van der Waals surface area contributed by atoms with E-state index in [1.165, 1.54) is 24.3 Å². The maximum absolute atomic E-state index is 12.1. The first kappa shape index (κ1) is 19.3. The number of hydrogen-bond donors (Lipinski definition) is 1. The van der Waals surface area contributed by atoms with E-state index in [0.29, 0.717) is 11.6 Å². The molecule has 10 heteroatoms. The number of rotatable bonds is 7. The predicted octanol–water partition coefficient (Wildman–Crippen LogP) is 4.83. The highest BCUT2D eigenvalue weighted by Gasteiger charge is 2.12. The zero-order chi connectivity index (χ0) is 19.2. The number of thioether (sulfide) groups is 1. The van der Waals surface area contributed by atoms with Crippen molar-refractivity contribution in [2.75, 3.05) is 11.1 Å². The fourth-order valence-corrected chi connectivity index (χ4v) is 2.85. The molecule has 2 aromatic carbocycles. The van der Waals surface area contributed by atoms with Crippen LogP contribution in [0.25, 0.3) is 11.5 Å². The van der Waals surface area contributed by atoms with Gasteiger partial charge >= 0.3 is 6.61 Å². The van der Waals surface area contributed by atoms with Crippen LogP contribution in [0.3, 0.4) is 0 Å². The molecule has 0 aliphatic carbocycles. The molecule has 0 radical (unpaired) electrons. The second kappa shape index (κ2) is 8.96. The van der Waals surface area contributed by atoms with E-state index in [1.807, 2.05) is 24.3 Å². The second-order valence-corrected chi connectivity index (χ2v) is 6.96. The van der Waals surface area contributed by atoms with Crippen molar-refractivity contribution in [1.82, 2.24) is 10.2 Å². The van der Waals surface area contributed by atoms with Crippen LogP contribution in [-0.4, -0.2) is 28.5 Å². The molecule has 1 heterocycles. The van der Waals surface area contributed by atoms with Crippen LogP contribution in [0.15, 0.2) is 62.6 Å². The molecule has 0 aliphatic heterocycles. The van der Waals surface area contributed by atoms with Gasteiger partial charge in [-0.15, -0.1) is 10.2 Å². The van der Waals surface area contributed by atoms with E-state index >= 15 is 0 Å². The van der Waals surface area contributed by atoms with Crippen LogP contribution in [0.2, 0.25) is 0 Å². The van der Waals surface area contributed by atoms with Gasteiger partial charge in [0.05, 0.1) is 5.75 Å². The van der Waals surface area contributed by atoms with Crippen molar-refractivity contribution in [3.63, 3.8) is 0 Å². The van der Waals surface area contributed by atoms with Crippen molar-refractivity contribution in [3.8, 4) is 17.2 Å². The number of aromatic nitrogens is 2. The van der Waals surface area contributed by atoms with Crippen molar-refractivity contribution in [2.45, 2.75) is 11.8 Å². The maximum atomic E-state index is 12.1. The fourth-order valence-electron chi connectivity index (χ4n) is 2.02. The molecule has 140 valence electrons. The van der Waals surface area contributed by atoms with Crippen molar-refractivity contribution in [2.24, 2.45) is 0 Å². The summed E-state index contributed by atoms with van der Waals surface area (Å²) in [5.41, 5.74) is 1.23. The van der Waals surface area contributed by atoms with Gasteiger partial charge in [0.1, 0.15) is 5.75 Å². The van der Waals surface area contributed by atoms with Crippen LogP contribution in [0.5, 0.6) is 5.75 Å². The van der Waals surface area contributed by atoms with E-state index in [1.54, 1.807) is 0 Å². The van der Waals surface area contributed by atoms with Gasteiger partial charge in [0, 0.05) is 15.7 Å². The molecule has 6 nitrogen and oxygen atoms in total. The number of carbonyl (C=O) groups excluding carboxylic acids is 1. The van der Waals surface area contributed by atoms with Gasteiger partial charge in [-0.25, -0.2) is 0 Å². The highest BCUT2D eigenvalue weighted by atomic mass is 79.9. The second-order valence-electron chi connectivity index (χ2n) is 5.12. The third-order valence-corrected chi connectivity index (χ3v) is 4.53. The molecule has 0 fully saturated rings. The summed E-state index contributed by atoms with van der Waals surface area (Å²) in [7, 11) is 0. The molecule has 3 rings (SSSR count). The Kier molecular flexibility index (Phi) is 6.40. The molecule has 1 amide bonds. The first-order chi connectivity index (χ1) is 13.0. The van der Waals surface area contributed by atoms with Gasteiger partial charge in [-0.3, -0.25) is 4.79 Å². The van der Waals surface area contributed by atoms with Crippen LogP contribution in [0.1, 0.15) is 0 Å². The summed E-state index contributed by atoms with van der Waals surface area (Å²) in [5, 5.41) is 10.8. The summed E-state index contributed by atoms with van der Waals surface area (Å²) in [6, 6.07) is 13.0.